The maximum atomic E-state index is 11.7. The third kappa shape index (κ3) is 5.20. The number of nitrogens with zero attached hydrogens (tertiary/aromatic N) is 3. The van der Waals surface area contributed by atoms with Crippen LogP contribution in [0.25, 0.3) is 5.69 Å². The van der Waals surface area contributed by atoms with E-state index in [-0.39, 0.29) is 18.2 Å². The van der Waals surface area contributed by atoms with Crippen LogP contribution >= 0.6 is 0 Å². The van der Waals surface area contributed by atoms with E-state index in [2.05, 4.69) is 20.4 Å². The van der Waals surface area contributed by atoms with Crippen molar-refractivity contribution in [2.75, 3.05) is 20.8 Å². The summed E-state index contributed by atoms with van der Waals surface area (Å²) in [6.07, 6.45) is 3.45. The van der Waals surface area contributed by atoms with E-state index in [1.807, 2.05) is 44.3 Å². The first kappa shape index (κ1) is 18.3. The third-order valence-corrected chi connectivity index (χ3v) is 3.34. The summed E-state index contributed by atoms with van der Waals surface area (Å²) in [7, 11) is 2.92. The number of ether oxygens (including phenoxy) is 1. The first-order valence-corrected chi connectivity index (χ1v) is 7.79. The monoisotopic (exact) mass is 342 g/mol. The van der Waals surface area contributed by atoms with E-state index in [0.717, 1.165) is 11.3 Å². The van der Waals surface area contributed by atoms with Gasteiger partial charge in [0.25, 0.3) is 5.91 Å². The number of benzene rings is 1. The van der Waals surface area contributed by atoms with Crippen molar-refractivity contribution in [2.45, 2.75) is 13.8 Å². The summed E-state index contributed by atoms with van der Waals surface area (Å²) in [6, 6.07) is 9.83. The highest BCUT2D eigenvalue weighted by atomic mass is 16.6. The zero-order valence-electron chi connectivity index (χ0n) is 14.8. The Labute approximate surface area is 146 Å². The average molecular weight is 342 g/mol. The fourth-order valence-electron chi connectivity index (χ4n) is 2.05. The molecule has 0 radical (unpaired) electrons. The van der Waals surface area contributed by atoms with Gasteiger partial charge in [0.15, 0.2) is 5.71 Å². The number of aromatic nitrogens is 2. The molecule has 0 aliphatic rings. The molecule has 25 heavy (non-hydrogen) atoms. The molecule has 0 saturated heterocycles. The maximum absolute atomic E-state index is 11.7. The quantitative estimate of drug-likeness (QED) is 0.618. The molecule has 1 amide bonds. The van der Waals surface area contributed by atoms with Crippen molar-refractivity contribution in [3.63, 3.8) is 0 Å². The Bertz CT molecular complexity index is 776. The average Bonchev–Trinajstić information content (AvgIpc) is 3.08. The summed E-state index contributed by atoms with van der Waals surface area (Å²) < 4.78 is 7.40. The van der Waals surface area contributed by atoms with Crippen molar-refractivity contribution in [2.24, 2.45) is 5.16 Å². The smallest absolute Gasteiger partial charge is 0.273 e. The Morgan fingerprint density at radius 1 is 1.32 bits per heavy atom. The topological polar surface area (TPSA) is 77.7 Å². The van der Waals surface area contributed by atoms with E-state index < -0.39 is 0 Å². The van der Waals surface area contributed by atoms with Crippen LogP contribution < -0.4 is 10.1 Å². The van der Waals surface area contributed by atoms with E-state index >= 15 is 0 Å². The highest BCUT2D eigenvalue weighted by Crippen LogP contribution is 2.13. The molecule has 7 heteroatoms. The van der Waals surface area contributed by atoms with E-state index in [0.29, 0.717) is 5.88 Å². The van der Waals surface area contributed by atoms with E-state index in [9.17, 15) is 4.79 Å². The van der Waals surface area contributed by atoms with E-state index in [1.54, 1.807) is 16.8 Å². The van der Waals surface area contributed by atoms with Crippen LogP contribution in [0.5, 0.6) is 5.88 Å². The van der Waals surface area contributed by atoms with Crippen LogP contribution in [-0.4, -0.2) is 42.2 Å². The molecule has 1 aromatic carbocycles. The molecule has 1 aromatic heterocycles. The number of nitrogens with one attached hydrogen (secondary N) is 1. The van der Waals surface area contributed by atoms with Gasteiger partial charge in [-0.2, -0.15) is 0 Å². The third-order valence-electron chi connectivity index (χ3n) is 3.34. The van der Waals surface area contributed by atoms with Gasteiger partial charge in [-0.1, -0.05) is 22.9 Å². The number of amides is 1. The van der Waals surface area contributed by atoms with Crippen LogP contribution in [-0.2, 0) is 9.63 Å². The number of carbonyl (C=O) groups excluding carboxylic acids is 1. The molecule has 0 unspecified atom stereocenters. The van der Waals surface area contributed by atoms with Gasteiger partial charge < -0.3 is 14.9 Å². The molecule has 0 fully saturated rings. The highest BCUT2D eigenvalue weighted by molar-refractivity contribution is 6.43. The van der Waals surface area contributed by atoms with Crippen molar-refractivity contribution in [1.82, 2.24) is 15.1 Å². The van der Waals surface area contributed by atoms with Crippen LogP contribution in [0.3, 0.4) is 0 Å². The largest absolute Gasteiger partial charge is 0.472 e. The normalized spacial score (nSPS) is 12.0. The summed E-state index contributed by atoms with van der Waals surface area (Å²) in [4.78, 5) is 16.4. The zero-order chi connectivity index (χ0) is 18.2. The maximum Gasteiger partial charge on any atom is 0.273 e. The number of carbonyl (C=O) groups is 1. The molecule has 0 bridgehead atoms. The van der Waals surface area contributed by atoms with Gasteiger partial charge in [-0.25, -0.2) is 4.68 Å². The van der Waals surface area contributed by atoms with Gasteiger partial charge in [0.2, 0.25) is 5.88 Å². The van der Waals surface area contributed by atoms with Crippen molar-refractivity contribution < 1.29 is 14.4 Å². The summed E-state index contributed by atoms with van der Waals surface area (Å²) in [5.74, 6) is 0.170. The Morgan fingerprint density at radius 2 is 2.04 bits per heavy atom. The van der Waals surface area contributed by atoms with Crippen molar-refractivity contribution >= 4 is 11.6 Å². The number of rotatable bonds is 7. The lowest BCUT2D eigenvalue weighted by atomic mass is 10.2. The van der Waals surface area contributed by atoms with Crippen LogP contribution in [0.1, 0.15) is 12.5 Å². The molecule has 2 aromatic rings. The summed E-state index contributed by atoms with van der Waals surface area (Å²) in [6.45, 7) is 4.16. The Morgan fingerprint density at radius 3 is 2.68 bits per heavy atom. The molecule has 132 valence electrons. The highest BCUT2D eigenvalue weighted by Gasteiger charge is 2.09. The van der Waals surface area contributed by atoms with Gasteiger partial charge >= 0.3 is 0 Å². The molecular weight excluding hydrogens is 320 g/mol. The Kier molecular flexibility index (Phi) is 6.33. The lowest BCUT2D eigenvalue weighted by Crippen LogP contribution is -2.26. The first-order chi connectivity index (χ1) is 12.0. The Balaban J connectivity index is 2.01. The minimum Gasteiger partial charge on any atom is -0.472 e. The number of aryl methyl sites for hydroxylation is 1. The van der Waals surface area contributed by atoms with Gasteiger partial charge in [-0.15, -0.1) is 5.10 Å². The molecule has 1 heterocycles. The van der Waals surface area contributed by atoms with E-state index in [4.69, 9.17) is 4.74 Å². The molecule has 7 nitrogen and oxygen atoms in total. The van der Waals surface area contributed by atoms with Crippen molar-refractivity contribution in [3.8, 4) is 11.6 Å². The van der Waals surface area contributed by atoms with Crippen molar-refractivity contribution in [3.05, 3.63) is 53.7 Å². The number of hydrogen-bond acceptors (Lipinski definition) is 5. The molecular formula is C18H22N4O3. The van der Waals surface area contributed by atoms with Gasteiger partial charge in [0.05, 0.1) is 5.69 Å². The Hall–Kier alpha value is -3.09. The van der Waals surface area contributed by atoms with Gasteiger partial charge in [-0.3, -0.25) is 4.79 Å². The van der Waals surface area contributed by atoms with Gasteiger partial charge in [0.1, 0.15) is 13.7 Å². The second-order valence-corrected chi connectivity index (χ2v) is 5.45. The zero-order valence-corrected chi connectivity index (χ0v) is 14.8. The molecule has 0 saturated carbocycles. The summed E-state index contributed by atoms with van der Waals surface area (Å²) in [5, 5.41) is 10.6. The lowest BCUT2D eigenvalue weighted by molar-refractivity contribution is -0.114. The molecule has 2 rings (SSSR count). The molecule has 0 aliphatic heterocycles. The standard InChI is InChI=1S/C18H22N4O3/c1-13-5-7-15(8-6-13)22-10-9-17(20-22)25-12-14(2)11-16(21-24-4)18(23)19-3/h5-11H,12H2,1-4H3,(H,19,23)/b14-11-,21-16+. The molecule has 0 spiro atoms. The summed E-state index contributed by atoms with van der Waals surface area (Å²) >= 11 is 0. The SMILES string of the molecule is CNC(=O)C(/C=C(/C)COc1ccn(-c2ccc(C)cc2)n1)=N/OC. The first-order valence-electron chi connectivity index (χ1n) is 7.79. The number of oxime groups is 1. The summed E-state index contributed by atoms with van der Waals surface area (Å²) in [5.41, 5.74) is 3.14. The van der Waals surface area contributed by atoms with Gasteiger partial charge in [-0.05, 0) is 37.6 Å². The van der Waals surface area contributed by atoms with E-state index in [1.165, 1.54) is 19.7 Å². The number of hydrogen-bond donors (Lipinski definition) is 1. The van der Waals surface area contributed by atoms with Crippen molar-refractivity contribution in [1.29, 1.82) is 0 Å². The fraction of sp³-hybridized carbons (Fsp3) is 0.278. The van der Waals surface area contributed by atoms with Crippen LogP contribution in [0.4, 0.5) is 0 Å². The molecule has 1 N–H and O–H groups in total. The van der Waals surface area contributed by atoms with Crippen LogP contribution in [0, 0.1) is 6.92 Å². The van der Waals surface area contributed by atoms with Crippen LogP contribution in [0.2, 0.25) is 0 Å². The second-order valence-electron chi connectivity index (χ2n) is 5.45. The molecule has 0 aliphatic carbocycles. The fourth-order valence-corrected chi connectivity index (χ4v) is 2.05. The predicted molar refractivity (Wildman–Crippen MR) is 96.1 cm³/mol. The van der Waals surface area contributed by atoms with Gasteiger partial charge in [0, 0.05) is 19.3 Å². The second kappa shape index (κ2) is 8.68. The molecule has 0 atom stereocenters. The van der Waals surface area contributed by atoms with Crippen LogP contribution in [0.15, 0.2) is 53.3 Å². The minimum atomic E-state index is -0.329. The lowest BCUT2D eigenvalue weighted by Gasteiger charge is -2.05. The predicted octanol–water partition coefficient (Wildman–Crippen LogP) is 2.25. The minimum absolute atomic E-state index is 0.177.